The molecule has 37 heavy (non-hydrogen) atoms. The van der Waals surface area contributed by atoms with Crippen LogP contribution in [0.5, 0.6) is 11.5 Å². The molecule has 0 N–H and O–H groups in total. The van der Waals surface area contributed by atoms with Crippen LogP contribution in [0.4, 0.5) is 5.69 Å². The zero-order chi connectivity index (χ0) is 25.4. The maximum absolute atomic E-state index is 13.5. The lowest BCUT2D eigenvalue weighted by Crippen LogP contribution is -2.49. The van der Waals surface area contributed by atoms with E-state index in [1.165, 1.54) is 17.7 Å². The number of hydrogen-bond acceptors (Lipinski definition) is 6. The summed E-state index contributed by atoms with van der Waals surface area (Å²) in [4.78, 5) is 45.3. The van der Waals surface area contributed by atoms with Gasteiger partial charge in [0.15, 0.2) is 11.5 Å². The molecule has 3 amide bonds. The fraction of sp³-hybridized carbons (Fsp3) is 0.483. The molecular formula is C29H33N3O5. The summed E-state index contributed by atoms with van der Waals surface area (Å²) in [6.45, 7) is 2.70. The number of rotatable bonds is 5. The van der Waals surface area contributed by atoms with Crippen LogP contribution >= 0.6 is 0 Å². The van der Waals surface area contributed by atoms with E-state index in [2.05, 4.69) is 4.90 Å². The number of anilines is 1. The second-order valence-electron chi connectivity index (χ2n) is 10.4. The SMILES string of the molecule is O=C(CCc1ccc2c(c1)OCO2)N1CCN(c2cccc3c2C(=O)N(C2CCCCCC2)C3=O)CC1. The van der Waals surface area contributed by atoms with Gasteiger partial charge in [-0.3, -0.25) is 19.3 Å². The summed E-state index contributed by atoms with van der Waals surface area (Å²) in [5, 5.41) is 0. The van der Waals surface area contributed by atoms with Crippen molar-refractivity contribution in [1.82, 2.24) is 9.80 Å². The maximum Gasteiger partial charge on any atom is 0.263 e. The van der Waals surface area contributed by atoms with E-state index < -0.39 is 0 Å². The lowest BCUT2D eigenvalue weighted by atomic mass is 10.1. The first-order valence-corrected chi connectivity index (χ1v) is 13.5. The summed E-state index contributed by atoms with van der Waals surface area (Å²) in [7, 11) is 0. The third-order valence-electron chi connectivity index (χ3n) is 8.15. The summed E-state index contributed by atoms with van der Waals surface area (Å²) >= 11 is 0. The van der Waals surface area contributed by atoms with Crippen molar-refractivity contribution in [3.8, 4) is 11.5 Å². The molecule has 0 radical (unpaired) electrons. The molecule has 3 heterocycles. The number of nitrogens with zero attached hydrogens (tertiary/aromatic N) is 3. The Morgan fingerprint density at radius 2 is 1.62 bits per heavy atom. The number of imide groups is 1. The van der Waals surface area contributed by atoms with E-state index in [1.807, 2.05) is 35.2 Å². The molecule has 2 aromatic carbocycles. The molecule has 0 unspecified atom stereocenters. The Bertz CT molecular complexity index is 1210. The van der Waals surface area contributed by atoms with Crippen LogP contribution < -0.4 is 14.4 Å². The average molecular weight is 504 g/mol. The van der Waals surface area contributed by atoms with Gasteiger partial charge in [0.1, 0.15) is 0 Å². The van der Waals surface area contributed by atoms with E-state index in [1.54, 1.807) is 6.07 Å². The van der Waals surface area contributed by atoms with Crippen LogP contribution in [0.1, 0.15) is 71.2 Å². The minimum Gasteiger partial charge on any atom is -0.454 e. The van der Waals surface area contributed by atoms with Crippen molar-refractivity contribution in [1.29, 1.82) is 0 Å². The Balaban J connectivity index is 1.09. The second kappa shape index (κ2) is 10.1. The number of fused-ring (bicyclic) bond motifs is 2. The molecule has 4 aliphatic rings. The third kappa shape index (κ3) is 4.54. The molecule has 2 aromatic rings. The van der Waals surface area contributed by atoms with Crippen molar-refractivity contribution in [3.05, 3.63) is 53.1 Å². The number of aryl methyl sites for hydroxylation is 1. The third-order valence-corrected chi connectivity index (χ3v) is 8.15. The lowest BCUT2D eigenvalue weighted by molar-refractivity contribution is -0.131. The second-order valence-corrected chi connectivity index (χ2v) is 10.4. The molecule has 6 rings (SSSR count). The largest absolute Gasteiger partial charge is 0.454 e. The molecule has 2 fully saturated rings. The van der Waals surface area contributed by atoms with Gasteiger partial charge in [-0.25, -0.2) is 0 Å². The molecule has 0 bridgehead atoms. The number of hydrogen-bond donors (Lipinski definition) is 0. The van der Waals surface area contributed by atoms with Gasteiger partial charge in [0.05, 0.1) is 16.8 Å². The van der Waals surface area contributed by atoms with Gasteiger partial charge in [-0.15, -0.1) is 0 Å². The first kappa shape index (κ1) is 23.8. The predicted molar refractivity (Wildman–Crippen MR) is 138 cm³/mol. The quantitative estimate of drug-likeness (QED) is 0.453. The van der Waals surface area contributed by atoms with E-state index in [0.29, 0.717) is 50.1 Å². The molecule has 0 atom stereocenters. The number of carbonyl (C=O) groups is 3. The fourth-order valence-electron chi connectivity index (χ4n) is 6.10. The van der Waals surface area contributed by atoms with Gasteiger partial charge in [-0.1, -0.05) is 37.8 Å². The van der Waals surface area contributed by atoms with Crippen molar-refractivity contribution in [2.45, 2.75) is 57.4 Å². The molecule has 0 aromatic heterocycles. The zero-order valence-electron chi connectivity index (χ0n) is 21.1. The Morgan fingerprint density at radius 3 is 2.41 bits per heavy atom. The van der Waals surface area contributed by atoms with Crippen LogP contribution in [0.3, 0.4) is 0 Å². The highest BCUT2D eigenvalue weighted by Gasteiger charge is 2.42. The van der Waals surface area contributed by atoms with Crippen molar-refractivity contribution < 1.29 is 23.9 Å². The monoisotopic (exact) mass is 503 g/mol. The van der Waals surface area contributed by atoms with Crippen molar-refractivity contribution in [3.63, 3.8) is 0 Å². The van der Waals surface area contributed by atoms with Gasteiger partial charge in [0.25, 0.3) is 11.8 Å². The van der Waals surface area contributed by atoms with Crippen LogP contribution in [0.25, 0.3) is 0 Å². The highest BCUT2D eigenvalue weighted by Crippen LogP contribution is 2.36. The van der Waals surface area contributed by atoms with E-state index in [4.69, 9.17) is 9.47 Å². The molecule has 1 aliphatic carbocycles. The van der Waals surface area contributed by atoms with E-state index in [9.17, 15) is 14.4 Å². The summed E-state index contributed by atoms with van der Waals surface area (Å²) in [5.41, 5.74) is 2.94. The van der Waals surface area contributed by atoms with Crippen molar-refractivity contribution in [2.24, 2.45) is 0 Å². The molecule has 3 aliphatic heterocycles. The van der Waals surface area contributed by atoms with Crippen LogP contribution in [0.2, 0.25) is 0 Å². The molecule has 1 saturated heterocycles. The highest BCUT2D eigenvalue weighted by atomic mass is 16.7. The fourth-order valence-corrected chi connectivity index (χ4v) is 6.10. The molecule has 1 saturated carbocycles. The van der Waals surface area contributed by atoms with Crippen molar-refractivity contribution in [2.75, 3.05) is 37.9 Å². The number of piperazine rings is 1. The van der Waals surface area contributed by atoms with Gasteiger partial charge in [0, 0.05) is 38.6 Å². The Morgan fingerprint density at radius 1 is 0.865 bits per heavy atom. The summed E-state index contributed by atoms with van der Waals surface area (Å²) in [6, 6.07) is 11.4. The first-order valence-electron chi connectivity index (χ1n) is 13.5. The van der Waals surface area contributed by atoms with E-state index in [-0.39, 0.29) is 30.6 Å². The number of amides is 3. The normalized spacial score (nSPS) is 19.8. The summed E-state index contributed by atoms with van der Waals surface area (Å²) < 4.78 is 10.8. The molecular weight excluding hydrogens is 470 g/mol. The first-order chi connectivity index (χ1) is 18.1. The van der Waals surface area contributed by atoms with Crippen LogP contribution in [0.15, 0.2) is 36.4 Å². The van der Waals surface area contributed by atoms with E-state index >= 15 is 0 Å². The predicted octanol–water partition coefficient (Wildman–Crippen LogP) is 4.02. The topological polar surface area (TPSA) is 79.4 Å². The molecule has 194 valence electrons. The molecule has 8 nitrogen and oxygen atoms in total. The number of carbonyl (C=O) groups excluding carboxylic acids is 3. The minimum absolute atomic E-state index is 0.00183. The number of benzene rings is 2. The van der Waals surface area contributed by atoms with Crippen LogP contribution in [-0.2, 0) is 11.2 Å². The van der Waals surface area contributed by atoms with Gasteiger partial charge in [-0.2, -0.15) is 0 Å². The lowest BCUT2D eigenvalue weighted by Gasteiger charge is -2.37. The molecule has 8 heteroatoms. The Kier molecular flexibility index (Phi) is 6.49. The Labute approximate surface area is 217 Å². The Hall–Kier alpha value is -3.55. The van der Waals surface area contributed by atoms with Crippen LogP contribution in [0, 0.1) is 0 Å². The summed E-state index contributed by atoms with van der Waals surface area (Å²) in [6.07, 6.45) is 7.35. The van der Waals surface area contributed by atoms with Gasteiger partial charge in [0.2, 0.25) is 12.7 Å². The highest BCUT2D eigenvalue weighted by molar-refractivity contribution is 6.24. The minimum atomic E-state index is -0.148. The summed E-state index contributed by atoms with van der Waals surface area (Å²) in [5.74, 6) is 1.31. The average Bonchev–Trinajstić information content (AvgIpc) is 3.38. The maximum atomic E-state index is 13.5. The standard InChI is InChI=1S/C29H33N3O5/c33-26(13-11-20-10-12-24-25(18-20)37-19-36-24)31-16-14-30(15-17-31)23-9-5-8-22-27(23)29(35)32(28(22)34)21-6-3-1-2-4-7-21/h5,8-10,12,18,21H,1-4,6-7,11,13-17,19H2. The van der Waals surface area contributed by atoms with Crippen LogP contribution in [-0.4, -0.2) is 66.5 Å². The smallest absolute Gasteiger partial charge is 0.263 e. The molecule has 0 spiro atoms. The van der Waals surface area contributed by atoms with Crippen molar-refractivity contribution >= 4 is 23.4 Å². The van der Waals surface area contributed by atoms with Gasteiger partial charge < -0.3 is 19.3 Å². The van der Waals surface area contributed by atoms with E-state index in [0.717, 1.165) is 48.4 Å². The zero-order valence-corrected chi connectivity index (χ0v) is 21.1. The number of ether oxygens (including phenoxy) is 2. The van der Waals surface area contributed by atoms with Gasteiger partial charge in [-0.05, 0) is 49.1 Å². The van der Waals surface area contributed by atoms with Gasteiger partial charge >= 0.3 is 0 Å².